The average Bonchev–Trinajstić information content (AvgIpc) is 2.46. The van der Waals surface area contributed by atoms with Gasteiger partial charge in [0.05, 0.1) is 12.0 Å². The molecule has 0 aliphatic carbocycles. The summed E-state index contributed by atoms with van der Waals surface area (Å²) >= 11 is 1.39. The number of carbonyl (C=O) groups excluding carboxylic acids is 1. The summed E-state index contributed by atoms with van der Waals surface area (Å²) in [6.45, 7) is 2.33. The molecule has 21 heavy (non-hydrogen) atoms. The van der Waals surface area contributed by atoms with Gasteiger partial charge in [0, 0.05) is 18.1 Å². The first kappa shape index (κ1) is 18.0. The zero-order valence-electron chi connectivity index (χ0n) is 12.0. The lowest BCUT2D eigenvalue weighted by molar-refractivity contribution is -0.141. The van der Waals surface area contributed by atoms with E-state index in [9.17, 15) is 13.2 Å². The maximum Gasteiger partial charge on any atom is 0.324 e. The van der Waals surface area contributed by atoms with Gasteiger partial charge in [-0.15, -0.1) is 0 Å². The van der Waals surface area contributed by atoms with E-state index >= 15 is 0 Å². The summed E-state index contributed by atoms with van der Waals surface area (Å²) in [6, 6.07) is 5.46. The monoisotopic (exact) mass is 332 g/mol. The molecule has 0 aliphatic heterocycles. The normalized spacial score (nSPS) is 12.9. The Bertz CT molecular complexity index is 558. The molecule has 0 saturated heterocycles. The van der Waals surface area contributed by atoms with Crippen molar-refractivity contribution in [3.8, 4) is 0 Å². The lowest BCUT2D eigenvalue weighted by Crippen LogP contribution is -2.43. The number of methoxy groups -OCH3 is 1. The minimum Gasteiger partial charge on any atom is -0.468 e. The molecule has 0 amide bonds. The molecule has 1 aromatic carbocycles. The first-order valence-electron chi connectivity index (χ1n) is 6.35. The molecular weight excluding hydrogens is 312 g/mol. The number of ether oxygens (including phenoxy) is 1. The Morgan fingerprint density at radius 1 is 1.38 bits per heavy atom. The molecule has 0 saturated carbocycles. The first-order chi connectivity index (χ1) is 9.90. The summed E-state index contributed by atoms with van der Waals surface area (Å²) < 4.78 is 31.5. The Morgan fingerprint density at radius 2 is 2.00 bits per heavy atom. The van der Waals surface area contributed by atoms with Gasteiger partial charge in [-0.05, 0) is 19.1 Å². The largest absolute Gasteiger partial charge is 0.468 e. The van der Waals surface area contributed by atoms with Gasteiger partial charge in [0.25, 0.3) is 0 Å². The highest BCUT2D eigenvalue weighted by molar-refractivity contribution is 7.99. The number of nitrogens with one attached hydrogen (secondary N) is 1. The number of hydrogen-bond donors (Lipinski definition) is 2. The van der Waals surface area contributed by atoms with Crippen molar-refractivity contribution in [1.29, 1.82) is 0 Å². The van der Waals surface area contributed by atoms with Crippen LogP contribution in [0.2, 0.25) is 0 Å². The van der Waals surface area contributed by atoms with Crippen molar-refractivity contribution < 1.29 is 17.9 Å². The van der Waals surface area contributed by atoms with Crippen molar-refractivity contribution in [3.05, 3.63) is 29.8 Å². The van der Waals surface area contributed by atoms with E-state index in [0.29, 0.717) is 12.3 Å². The maximum atomic E-state index is 12.3. The highest BCUT2D eigenvalue weighted by Gasteiger charge is 2.26. The average molecular weight is 332 g/mol. The number of hydrogen-bond acceptors (Lipinski definition) is 6. The fraction of sp³-hybridized carbons (Fsp3) is 0.462. The Kier molecular flexibility index (Phi) is 7.16. The molecule has 6 nitrogen and oxygen atoms in total. The molecule has 0 bridgehead atoms. The first-order valence-corrected chi connectivity index (χ1v) is 8.99. The highest BCUT2D eigenvalue weighted by Crippen LogP contribution is 2.12. The predicted octanol–water partition coefficient (Wildman–Crippen LogP) is 0.507. The minimum atomic E-state index is -3.76. The van der Waals surface area contributed by atoms with E-state index in [2.05, 4.69) is 9.46 Å². The summed E-state index contributed by atoms with van der Waals surface area (Å²) in [5.41, 5.74) is 6.34. The van der Waals surface area contributed by atoms with Crippen molar-refractivity contribution in [2.75, 3.05) is 25.2 Å². The van der Waals surface area contributed by atoms with Crippen molar-refractivity contribution in [2.45, 2.75) is 17.9 Å². The third kappa shape index (κ3) is 5.66. The van der Waals surface area contributed by atoms with E-state index in [0.717, 1.165) is 5.56 Å². The predicted molar refractivity (Wildman–Crippen MR) is 83.7 cm³/mol. The SMILES string of the molecule is COC(=O)[C@H](CSCCN)NS(=O)(=O)c1ccc(C)cc1. The van der Waals surface area contributed by atoms with Crippen molar-refractivity contribution in [2.24, 2.45) is 5.73 Å². The zero-order valence-corrected chi connectivity index (χ0v) is 13.7. The number of sulfonamides is 1. The Labute approximate surface area is 129 Å². The molecule has 8 heteroatoms. The van der Waals surface area contributed by atoms with Gasteiger partial charge in [0.1, 0.15) is 6.04 Å². The number of rotatable bonds is 8. The van der Waals surface area contributed by atoms with Gasteiger partial charge >= 0.3 is 5.97 Å². The number of carbonyl (C=O) groups is 1. The lowest BCUT2D eigenvalue weighted by atomic mass is 10.2. The van der Waals surface area contributed by atoms with Crippen LogP contribution in [0.1, 0.15) is 5.56 Å². The number of thioether (sulfide) groups is 1. The Hall–Kier alpha value is -1.09. The summed E-state index contributed by atoms with van der Waals surface area (Å²) in [6.07, 6.45) is 0. The molecule has 1 atom stereocenters. The van der Waals surface area contributed by atoms with E-state index < -0.39 is 22.0 Å². The molecular formula is C13H20N2O4S2. The molecule has 0 unspecified atom stereocenters. The molecule has 3 N–H and O–H groups in total. The smallest absolute Gasteiger partial charge is 0.324 e. The number of nitrogens with two attached hydrogens (primary N) is 1. The summed E-state index contributed by atoms with van der Waals surface area (Å²) in [5, 5.41) is 0. The molecule has 0 spiro atoms. The maximum absolute atomic E-state index is 12.3. The van der Waals surface area contributed by atoms with Gasteiger partial charge in [-0.2, -0.15) is 16.5 Å². The topological polar surface area (TPSA) is 98.5 Å². The minimum absolute atomic E-state index is 0.117. The molecule has 1 aromatic rings. The molecule has 0 aromatic heterocycles. The second-order valence-corrected chi connectivity index (χ2v) is 7.24. The summed E-state index contributed by atoms with van der Waals surface area (Å²) in [5.74, 6) is 0.296. The lowest BCUT2D eigenvalue weighted by Gasteiger charge is -2.16. The summed E-state index contributed by atoms with van der Waals surface area (Å²) in [7, 11) is -2.54. The van der Waals surface area contributed by atoms with Crippen LogP contribution in [0.4, 0.5) is 0 Å². The molecule has 0 fully saturated rings. The van der Waals surface area contributed by atoms with E-state index in [4.69, 9.17) is 5.73 Å². The van der Waals surface area contributed by atoms with E-state index in [1.807, 2.05) is 6.92 Å². The van der Waals surface area contributed by atoms with Crippen LogP contribution >= 0.6 is 11.8 Å². The van der Waals surface area contributed by atoms with Crippen LogP contribution in [0.3, 0.4) is 0 Å². The molecule has 0 heterocycles. The fourth-order valence-corrected chi connectivity index (χ4v) is 3.63. The van der Waals surface area contributed by atoms with Crippen LogP contribution in [0.5, 0.6) is 0 Å². The van der Waals surface area contributed by atoms with Crippen LogP contribution in [-0.2, 0) is 19.6 Å². The van der Waals surface area contributed by atoms with Crippen LogP contribution < -0.4 is 10.5 Å². The van der Waals surface area contributed by atoms with E-state index in [-0.39, 0.29) is 10.6 Å². The molecule has 1 rings (SSSR count). The quantitative estimate of drug-likeness (QED) is 0.531. The molecule has 118 valence electrons. The van der Waals surface area contributed by atoms with E-state index in [1.54, 1.807) is 12.1 Å². The van der Waals surface area contributed by atoms with Crippen molar-refractivity contribution in [1.82, 2.24) is 4.72 Å². The van der Waals surface area contributed by atoms with Crippen LogP contribution in [-0.4, -0.2) is 45.6 Å². The number of esters is 1. The highest BCUT2D eigenvalue weighted by atomic mass is 32.2. The zero-order chi connectivity index (χ0) is 15.9. The van der Waals surface area contributed by atoms with Gasteiger partial charge < -0.3 is 10.5 Å². The van der Waals surface area contributed by atoms with Gasteiger partial charge in [-0.1, -0.05) is 17.7 Å². The standard InChI is InChI=1S/C13H20N2O4S2/c1-10-3-5-11(6-4-10)21(17,18)15-12(13(16)19-2)9-20-8-7-14/h3-6,12,15H,7-9,14H2,1-2H3/t12-/m0/s1. The van der Waals surface area contributed by atoms with Crippen LogP contribution in [0.15, 0.2) is 29.2 Å². The third-order valence-corrected chi connectivity index (χ3v) is 5.24. The number of benzene rings is 1. The molecule has 0 radical (unpaired) electrons. The van der Waals surface area contributed by atoms with Crippen molar-refractivity contribution >= 4 is 27.8 Å². The molecule has 0 aliphatic rings. The van der Waals surface area contributed by atoms with Gasteiger partial charge in [-0.25, -0.2) is 8.42 Å². The fourth-order valence-electron chi connectivity index (χ4n) is 1.55. The van der Waals surface area contributed by atoms with Gasteiger partial charge in [0.2, 0.25) is 10.0 Å². The number of aryl methyl sites for hydroxylation is 1. The second kappa shape index (κ2) is 8.38. The van der Waals surface area contributed by atoms with Crippen LogP contribution in [0.25, 0.3) is 0 Å². The van der Waals surface area contributed by atoms with Gasteiger partial charge in [0.15, 0.2) is 0 Å². The Balaban J connectivity index is 2.85. The van der Waals surface area contributed by atoms with Crippen molar-refractivity contribution in [3.63, 3.8) is 0 Å². The summed E-state index contributed by atoms with van der Waals surface area (Å²) in [4.78, 5) is 11.8. The Morgan fingerprint density at radius 3 is 2.52 bits per heavy atom. The third-order valence-electron chi connectivity index (χ3n) is 2.66. The second-order valence-electron chi connectivity index (χ2n) is 4.37. The van der Waals surface area contributed by atoms with E-state index in [1.165, 1.54) is 31.0 Å². The van der Waals surface area contributed by atoms with Crippen LogP contribution in [0, 0.1) is 6.92 Å². The van der Waals surface area contributed by atoms with Gasteiger partial charge in [-0.3, -0.25) is 4.79 Å².